The summed E-state index contributed by atoms with van der Waals surface area (Å²) in [4.78, 5) is 72.4. The highest BCUT2D eigenvalue weighted by Crippen LogP contribution is 2.55. The van der Waals surface area contributed by atoms with E-state index in [0.29, 0.717) is 13.1 Å². The summed E-state index contributed by atoms with van der Waals surface area (Å²) >= 11 is 0. The average molecular weight is 883 g/mol. The van der Waals surface area contributed by atoms with Crippen LogP contribution in [-0.2, 0) is 30.9 Å². The fourth-order valence-corrected chi connectivity index (χ4v) is 11.3. The quantitative estimate of drug-likeness (QED) is 0.102. The second-order valence-electron chi connectivity index (χ2n) is 19.2. The van der Waals surface area contributed by atoms with Gasteiger partial charge in [-0.3, -0.25) is 9.59 Å². The monoisotopic (exact) mass is 882 g/mol. The third-order valence-electron chi connectivity index (χ3n) is 14.7. The Morgan fingerprint density at radius 1 is 0.662 bits per heavy atom. The van der Waals surface area contributed by atoms with Gasteiger partial charge in [-0.05, 0) is 114 Å². The normalized spacial score (nSPS) is 19.9. The van der Waals surface area contributed by atoms with Crippen molar-refractivity contribution in [2.24, 2.45) is 11.8 Å². The van der Waals surface area contributed by atoms with E-state index >= 15 is 0 Å². The van der Waals surface area contributed by atoms with Gasteiger partial charge in [0.1, 0.15) is 23.7 Å². The Morgan fingerprint density at radius 3 is 1.72 bits per heavy atom. The van der Waals surface area contributed by atoms with Crippen molar-refractivity contribution in [2.45, 2.75) is 121 Å². The minimum atomic E-state index is -0.688. The molecule has 2 aliphatic carbocycles. The van der Waals surface area contributed by atoms with E-state index in [4.69, 9.17) is 19.4 Å². The maximum Gasteiger partial charge on any atom is 0.407 e. The number of nitrogens with one attached hydrogen (secondary N) is 4. The number of H-pyrrole nitrogens is 2. The molecule has 5 aromatic rings. The van der Waals surface area contributed by atoms with E-state index in [0.717, 1.165) is 77.9 Å². The van der Waals surface area contributed by atoms with Crippen molar-refractivity contribution in [1.29, 1.82) is 0 Å². The van der Waals surface area contributed by atoms with Gasteiger partial charge in [0.25, 0.3) is 0 Å². The van der Waals surface area contributed by atoms with Crippen molar-refractivity contribution in [3.63, 3.8) is 0 Å². The zero-order valence-electron chi connectivity index (χ0n) is 38.5. The van der Waals surface area contributed by atoms with Gasteiger partial charge in [0.05, 0.1) is 50.1 Å². The first kappa shape index (κ1) is 44.0. The molecule has 4 N–H and O–H groups in total. The molecule has 0 unspecified atom stereocenters. The summed E-state index contributed by atoms with van der Waals surface area (Å²) < 4.78 is 9.64. The van der Waals surface area contributed by atoms with Gasteiger partial charge in [-0.15, -0.1) is 0 Å². The summed E-state index contributed by atoms with van der Waals surface area (Å²) in [6.45, 7) is 8.90. The average Bonchev–Trinajstić information content (AvgIpc) is 4.18. The molecule has 4 atom stereocenters. The lowest BCUT2D eigenvalue weighted by Gasteiger charge is -2.30. The molecule has 0 bridgehead atoms. The zero-order chi connectivity index (χ0) is 45.6. The Morgan fingerprint density at radius 2 is 1.17 bits per heavy atom. The van der Waals surface area contributed by atoms with Crippen LogP contribution in [0.25, 0.3) is 44.4 Å². The Kier molecular flexibility index (Phi) is 12.2. The lowest BCUT2D eigenvalue weighted by molar-refractivity contribution is -0.136. The van der Waals surface area contributed by atoms with E-state index in [1.54, 1.807) is 0 Å². The predicted octanol–water partition coefficient (Wildman–Crippen LogP) is 9.13. The molecule has 9 rings (SSSR count). The van der Waals surface area contributed by atoms with Crippen LogP contribution < -0.4 is 10.6 Å². The molecule has 2 aromatic heterocycles. The number of likely N-dealkylation sites (tertiary alicyclic amines) is 2. The minimum absolute atomic E-state index is 0.104. The van der Waals surface area contributed by atoms with E-state index in [1.807, 2.05) is 49.9 Å². The number of ether oxygens (including phenoxy) is 2. The van der Waals surface area contributed by atoms with Crippen LogP contribution in [0, 0.1) is 11.8 Å². The fourth-order valence-electron chi connectivity index (χ4n) is 11.3. The molecule has 4 aliphatic rings. The van der Waals surface area contributed by atoms with Crippen molar-refractivity contribution in [1.82, 2.24) is 40.4 Å². The standard InChI is InChI=1S/C51H62N8O6/c1-29(2)43(56-49(62)64-5)47(60)58-23-9-11-40(58)45-52-27-38(54-45)34-16-14-31-25-33(15-13-32(31)26-34)35-17-18-36(37-19-22-51(42(35)37)20-7-8-21-51)39-28-53-46(55-39)41-12-10-24-59(41)48(61)44(30(3)4)57-50(63)65-6/h13-18,25-30,40-41,43-44H,7-12,19-24H2,1-6H3,(H,52,54)(H,53,55)(H,56,62)(H,57,63)/t40-,41-,43-,44-/m0/s1. The third-order valence-corrected chi connectivity index (χ3v) is 14.7. The Bertz CT molecular complexity index is 2610. The number of fused-ring (bicyclic) bond motifs is 3. The lowest BCUT2D eigenvalue weighted by atomic mass is 9.76. The van der Waals surface area contributed by atoms with Gasteiger partial charge in [0, 0.05) is 24.2 Å². The second-order valence-corrected chi connectivity index (χ2v) is 19.2. The SMILES string of the molecule is COC(=O)N[C@H](C(=O)N1CCC[C@H]1c1ncc(-c2ccc3cc(-c4ccc(-c5cnc([C@@H]6CCCN6C(=O)[C@@H](NC(=O)OC)C(C)C)[nH]5)c5c4C4(CCCC4)CC5)ccc3c2)[nH]1)C(C)C. The molecule has 4 amide bonds. The van der Waals surface area contributed by atoms with Gasteiger partial charge in [0.2, 0.25) is 11.8 Å². The van der Waals surface area contributed by atoms with E-state index in [1.165, 1.54) is 67.7 Å². The smallest absolute Gasteiger partial charge is 0.407 e. The molecule has 2 aliphatic heterocycles. The molecule has 4 heterocycles. The molecule has 2 saturated heterocycles. The van der Waals surface area contributed by atoms with Crippen molar-refractivity contribution < 1.29 is 28.7 Å². The number of hydrogen-bond acceptors (Lipinski definition) is 8. The number of hydrogen-bond donors (Lipinski definition) is 4. The molecule has 3 aromatic carbocycles. The number of alkyl carbamates (subject to hydrolysis) is 2. The summed E-state index contributed by atoms with van der Waals surface area (Å²) in [5.41, 5.74) is 9.61. The number of benzene rings is 3. The summed E-state index contributed by atoms with van der Waals surface area (Å²) in [7, 11) is 2.61. The van der Waals surface area contributed by atoms with Crippen LogP contribution in [0.3, 0.4) is 0 Å². The van der Waals surface area contributed by atoms with Crippen LogP contribution in [0.2, 0.25) is 0 Å². The molecule has 14 nitrogen and oxygen atoms in total. The van der Waals surface area contributed by atoms with E-state index in [2.05, 4.69) is 69.1 Å². The van der Waals surface area contributed by atoms with Crippen LogP contribution >= 0.6 is 0 Å². The number of carbonyl (C=O) groups excluding carboxylic acids is 4. The molecule has 342 valence electrons. The van der Waals surface area contributed by atoms with Crippen LogP contribution in [-0.4, -0.2) is 93.1 Å². The van der Waals surface area contributed by atoms with E-state index in [9.17, 15) is 19.2 Å². The number of imidazole rings is 2. The highest BCUT2D eigenvalue weighted by Gasteiger charge is 2.44. The second kappa shape index (κ2) is 18.0. The Hall–Kier alpha value is -6.18. The van der Waals surface area contributed by atoms with Crippen molar-refractivity contribution in [2.75, 3.05) is 27.3 Å². The minimum Gasteiger partial charge on any atom is -0.453 e. The molecule has 1 spiro atoms. The number of aromatic nitrogens is 4. The zero-order valence-corrected chi connectivity index (χ0v) is 38.5. The summed E-state index contributed by atoms with van der Waals surface area (Å²) in [5, 5.41) is 7.76. The van der Waals surface area contributed by atoms with Crippen molar-refractivity contribution >= 4 is 34.8 Å². The summed E-state index contributed by atoms with van der Waals surface area (Å²) in [5.74, 6) is 1.07. The van der Waals surface area contributed by atoms with Gasteiger partial charge >= 0.3 is 12.2 Å². The van der Waals surface area contributed by atoms with Gasteiger partial charge in [-0.2, -0.15) is 0 Å². The van der Waals surface area contributed by atoms with Gasteiger partial charge in [-0.1, -0.05) is 76.9 Å². The molecule has 1 saturated carbocycles. The fraction of sp³-hybridized carbons (Fsp3) is 0.490. The first-order chi connectivity index (χ1) is 31.4. The van der Waals surface area contributed by atoms with Crippen LogP contribution in [0.15, 0.2) is 60.9 Å². The third kappa shape index (κ3) is 8.25. The summed E-state index contributed by atoms with van der Waals surface area (Å²) in [6.07, 6.45) is 12.9. The number of amides is 4. The number of rotatable bonds is 11. The molecule has 14 heteroatoms. The molecule has 3 fully saturated rings. The largest absolute Gasteiger partial charge is 0.453 e. The summed E-state index contributed by atoms with van der Waals surface area (Å²) in [6, 6.07) is 16.1. The highest BCUT2D eigenvalue weighted by molar-refractivity contribution is 5.92. The van der Waals surface area contributed by atoms with Crippen LogP contribution in [0.4, 0.5) is 9.59 Å². The van der Waals surface area contributed by atoms with Gasteiger partial charge in [0.15, 0.2) is 0 Å². The Balaban J connectivity index is 0.975. The van der Waals surface area contributed by atoms with Crippen molar-refractivity contribution in [3.8, 4) is 33.6 Å². The molecular formula is C51H62N8O6. The maximum atomic E-state index is 13.9. The van der Waals surface area contributed by atoms with Crippen molar-refractivity contribution in [3.05, 3.63) is 83.7 Å². The van der Waals surface area contributed by atoms with Gasteiger partial charge in [-0.25, -0.2) is 19.6 Å². The maximum absolute atomic E-state index is 13.9. The lowest BCUT2D eigenvalue weighted by Crippen LogP contribution is -2.51. The van der Waals surface area contributed by atoms with Crippen LogP contribution in [0.5, 0.6) is 0 Å². The number of methoxy groups -OCH3 is 2. The van der Waals surface area contributed by atoms with E-state index < -0.39 is 24.3 Å². The highest BCUT2D eigenvalue weighted by atomic mass is 16.5. The molecule has 65 heavy (non-hydrogen) atoms. The number of nitrogens with zero attached hydrogens (tertiary/aromatic N) is 4. The predicted molar refractivity (Wildman–Crippen MR) is 249 cm³/mol. The van der Waals surface area contributed by atoms with Gasteiger partial charge < -0.3 is 39.9 Å². The number of carbonyl (C=O) groups is 4. The van der Waals surface area contributed by atoms with Crippen LogP contribution in [0.1, 0.15) is 120 Å². The topological polar surface area (TPSA) is 175 Å². The number of aromatic amines is 2. The molecule has 0 radical (unpaired) electrons. The van der Waals surface area contributed by atoms with E-state index in [-0.39, 0.29) is 41.1 Å². The molecular weight excluding hydrogens is 821 g/mol. The first-order valence-electron chi connectivity index (χ1n) is 23.5. The first-order valence-corrected chi connectivity index (χ1v) is 23.5. The Labute approximate surface area is 380 Å².